The number of aryl methyl sites for hydroxylation is 4. The Morgan fingerprint density at radius 3 is 2.24 bits per heavy atom. The molecule has 0 spiro atoms. The third-order valence-electron chi connectivity index (χ3n) is 4.32. The number of rotatable bonds is 3. The molecule has 3 aromatic rings. The van der Waals surface area contributed by atoms with Crippen LogP contribution in [-0.2, 0) is 0 Å². The third-order valence-corrected chi connectivity index (χ3v) is 4.32. The topological polar surface area (TPSA) is 59.8 Å². The van der Waals surface area contributed by atoms with E-state index in [0.29, 0.717) is 11.4 Å². The van der Waals surface area contributed by atoms with Crippen LogP contribution in [0.3, 0.4) is 0 Å². The maximum atomic E-state index is 12.6. The van der Waals surface area contributed by atoms with E-state index in [1.54, 1.807) is 4.68 Å². The van der Waals surface area contributed by atoms with Crippen molar-refractivity contribution in [2.45, 2.75) is 34.6 Å². The lowest BCUT2D eigenvalue weighted by atomic mass is 10.1. The van der Waals surface area contributed by atoms with E-state index in [2.05, 4.69) is 35.5 Å². The van der Waals surface area contributed by atoms with Crippen molar-refractivity contribution in [3.8, 4) is 5.69 Å². The van der Waals surface area contributed by atoms with Gasteiger partial charge in [0.2, 0.25) is 0 Å². The first-order valence-electron chi connectivity index (χ1n) is 8.25. The lowest BCUT2D eigenvalue weighted by molar-refractivity contribution is 0.102. The van der Waals surface area contributed by atoms with Crippen LogP contribution in [0.25, 0.3) is 5.69 Å². The van der Waals surface area contributed by atoms with Crippen LogP contribution in [0, 0.1) is 34.6 Å². The predicted molar refractivity (Wildman–Crippen MR) is 99.4 cm³/mol. The van der Waals surface area contributed by atoms with E-state index in [0.717, 1.165) is 22.5 Å². The maximum Gasteiger partial charge on any atom is 0.278 e. The molecule has 0 saturated carbocycles. The Morgan fingerprint density at radius 1 is 0.920 bits per heavy atom. The number of benzene rings is 2. The molecule has 1 aromatic heterocycles. The lowest BCUT2D eigenvalue weighted by Gasteiger charge is -2.08. The van der Waals surface area contributed by atoms with Gasteiger partial charge in [0.25, 0.3) is 5.91 Å². The Balaban J connectivity index is 1.89. The Bertz CT molecular complexity index is 936. The summed E-state index contributed by atoms with van der Waals surface area (Å²) >= 11 is 0. The van der Waals surface area contributed by atoms with Crippen molar-refractivity contribution in [1.29, 1.82) is 0 Å². The minimum absolute atomic E-state index is 0.252. The van der Waals surface area contributed by atoms with Crippen LogP contribution in [0.1, 0.15) is 38.4 Å². The minimum atomic E-state index is -0.252. The van der Waals surface area contributed by atoms with Crippen LogP contribution < -0.4 is 5.32 Å². The molecule has 2 aromatic carbocycles. The molecule has 0 unspecified atom stereocenters. The molecule has 0 radical (unpaired) electrons. The van der Waals surface area contributed by atoms with Crippen molar-refractivity contribution >= 4 is 11.6 Å². The molecule has 1 N–H and O–H groups in total. The molecular formula is C20H22N4O. The number of nitrogens with zero attached hydrogens (tertiary/aromatic N) is 3. The molecular weight excluding hydrogens is 312 g/mol. The number of amides is 1. The van der Waals surface area contributed by atoms with E-state index in [-0.39, 0.29) is 5.91 Å². The summed E-state index contributed by atoms with van der Waals surface area (Å²) in [6.45, 7) is 9.98. The largest absolute Gasteiger partial charge is 0.321 e. The average Bonchev–Trinajstić information content (AvgIpc) is 2.91. The van der Waals surface area contributed by atoms with Gasteiger partial charge in [-0.3, -0.25) is 4.79 Å². The molecule has 3 rings (SSSR count). The van der Waals surface area contributed by atoms with Gasteiger partial charge in [0.05, 0.1) is 11.4 Å². The fourth-order valence-electron chi connectivity index (χ4n) is 2.88. The van der Waals surface area contributed by atoms with Gasteiger partial charge in [-0.1, -0.05) is 17.3 Å². The molecule has 0 fully saturated rings. The lowest BCUT2D eigenvalue weighted by Crippen LogP contribution is -2.14. The fourth-order valence-corrected chi connectivity index (χ4v) is 2.88. The van der Waals surface area contributed by atoms with Gasteiger partial charge >= 0.3 is 0 Å². The van der Waals surface area contributed by atoms with Crippen molar-refractivity contribution in [3.63, 3.8) is 0 Å². The van der Waals surface area contributed by atoms with Crippen LogP contribution in [0.4, 0.5) is 5.69 Å². The van der Waals surface area contributed by atoms with Crippen LogP contribution in [0.5, 0.6) is 0 Å². The van der Waals surface area contributed by atoms with Gasteiger partial charge in [0.15, 0.2) is 5.69 Å². The zero-order chi connectivity index (χ0) is 18.1. The van der Waals surface area contributed by atoms with Crippen molar-refractivity contribution in [1.82, 2.24) is 15.0 Å². The summed E-state index contributed by atoms with van der Waals surface area (Å²) in [5.74, 6) is -0.252. The van der Waals surface area contributed by atoms with Crippen molar-refractivity contribution in [2.24, 2.45) is 0 Å². The van der Waals surface area contributed by atoms with E-state index in [1.807, 2.05) is 51.1 Å². The average molecular weight is 334 g/mol. The van der Waals surface area contributed by atoms with Gasteiger partial charge in [0, 0.05) is 5.69 Å². The van der Waals surface area contributed by atoms with Crippen molar-refractivity contribution in [2.75, 3.05) is 5.32 Å². The number of anilines is 1. The molecule has 0 aliphatic carbocycles. The number of aromatic nitrogens is 3. The van der Waals surface area contributed by atoms with Gasteiger partial charge in [0.1, 0.15) is 0 Å². The first kappa shape index (κ1) is 16.9. The smallest absolute Gasteiger partial charge is 0.278 e. The van der Waals surface area contributed by atoms with Crippen LogP contribution in [-0.4, -0.2) is 20.9 Å². The highest BCUT2D eigenvalue weighted by atomic mass is 16.2. The van der Waals surface area contributed by atoms with Gasteiger partial charge in [-0.2, -0.15) is 0 Å². The van der Waals surface area contributed by atoms with E-state index in [9.17, 15) is 4.79 Å². The van der Waals surface area contributed by atoms with Gasteiger partial charge in [-0.05, 0) is 81.1 Å². The highest BCUT2D eigenvalue weighted by Crippen LogP contribution is 2.18. The monoisotopic (exact) mass is 334 g/mol. The summed E-state index contributed by atoms with van der Waals surface area (Å²) in [5, 5.41) is 11.2. The highest BCUT2D eigenvalue weighted by molar-refractivity contribution is 6.03. The van der Waals surface area contributed by atoms with Crippen molar-refractivity contribution in [3.05, 3.63) is 70.0 Å². The first-order valence-corrected chi connectivity index (χ1v) is 8.25. The molecule has 0 atom stereocenters. The molecule has 0 saturated heterocycles. The number of carbonyl (C=O) groups excluding carboxylic acids is 1. The summed E-state index contributed by atoms with van der Waals surface area (Å²) in [7, 11) is 0. The third kappa shape index (κ3) is 3.45. The normalized spacial score (nSPS) is 10.8. The number of nitrogens with one attached hydrogen (secondary N) is 1. The number of carbonyl (C=O) groups is 1. The zero-order valence-corrected chi connectivity index (χ0v) is 15.2. The van der Waals surface area contributed by atoms with E-state index in [1.165, 1.54) is 11.1 Å². The van der Waals surface area contributed by atoms with Gasteiger partial charge in [-0.15, -0.1) is 5.10 Å². The Morgan fingerprint density at radius 2 is 1.60 bits per heavy atom. The molecule has 5 heteroatoms. The molecule has 1 heterocycles. The second-order valence-corrected chi connectivity index (χ2v) is 6.53. The summed E-state index contributed by atoms with van der Waals surface area (Å²) in [4.78, 5) is 12.6. The molecule has 0 aliphatic rings. The Hall–Kier alpha value is -2.95. The van der Waals surface area contributed by atoms with Gasteiger partial charge < -0.3 is 5.32 Å². The predicted octanol–water partition coefficient (Wildman–Crippen LogP) is 4.06. The molecule has 1 amide bonds. The minimum Gasteiger partial charge on any atom is -0.321 e. The van der Waals surface area contributed by atoms with E-state index >= 15 is 0 Å². The summed E-state index contributed by atoms with van der Waals surface area (Å²) in [6.07, 6.45) is 0. The van der Waals surface area contributed by atoms with Crippen LogP contribution in [0.2, 0.25) is 0 Å². The molecule has 5 nitrogen and oxygen atoms in total. The van der Waals surface area contributed by atoms with Crippen molar-refractivity contribution < 1.29 is 4.79 Å². The van der Waals surface area contributed by atoms with E-state index < -0.39 is 0 Å². The molecule has 128 valence electrons. The quantitative estimate of drug-likeness (QED) is 0.786. The van der Waals surface area contributed by atoms with Gasteiger partial charge in [-0.25, -0.2) is 4.68 Å². The number of hydrogen-bond acceptors (Lipinski definition) is 3. The molecule has 0 bridgehead atoms. The fraction of sp³-hybridized carbons (Fsp3) is 0.250. The standard InChI is InChI=1S/C20H22N4O/c1-12-8-13(2)10-17(9-12)21-20(25)19-16(5)24(23-22-19)18-7-6-14(3)15(4)11-18/h6-11H,1-5H3,(H,21,25). The maximum absolute atomic E-state index is 12.6. The summed E-state index contributed by atoms with van der Waals surface area (Å²) in [6, 6.07) is 12.0. The Kier molecular flexibility index (Phi) is 4.40. The second kappa shape index (κ2) is 6.51. The Labute approximate surface area is 147 Å². The van der Waals surface area contributed by atoms with Crippen LogP contribution in [0.15, 0.2) is 36.4 Å². The summed E-state index contributed by atoms with van der Waals surface area (Å²) in [5.41, 5.74) is 7.31. The molecule has 25 heavy (non-hydrogen) atoms. The SMILES string of the molecule is Cc1cc(C)cc(NC(=O)c2nnn(-c3ccc(C)c(C)c3)c2C)c1. The second-order valence-electron chi connectivity index (χ2n) is 6.53. The summed E-state index contributed by atoms with van der Waals surface area (Å²) < 4.78 is 1.70. The van der Waals surface area contributed by atoms with E-state index in [4.69, 9.17) is 0 Å². The number of hydrogen-bond donors (Lipinski definition) is 1. The molecule has 0 aliphatic heterocycles. The first-order chi connectivity index (χ1) is 11.8. The highest BCUT2D eigenvalue weighted by Gasteiger charge is 2.18. The van der Waals surface area contributed by atoms with Crippen LogP contribution >= 0.6 is 0 Å². The zero-order valence-electron chi connectivity index (χ0n) is 15.2.